The molecular weight excluding hydrogens is 212 g/mol. The van der Waals surface area contributed by atoms with Crippen LogP contribution in [0.4, 0.5) is 0 Å². The molecule has 0 bridgehead atoms. The van der Waals surface area contributed by atoms with Gasteiger partial charge >= 0.3 is 0 Å². The van der Waals surface area contributed by atoms with E-state index in [9.17, 15) is 0 Å². The van der Waals surface area contributed by atoms with Crippen molar-refractivity contribution < 1.29 is 9.47 Å². The molecule has 2 nitrogen and oxygen atoms in total. The second kappa shape index (κ2) is 6.19. The minimum Gasteiger partial charge on any atom is -0.378 e. The molecule has 2 unspecified atom stereocenters. The summed E-state index contributed by atoms with van der Waals surface area (Å²) in [6.45, 7) is 8.83. The standard InChI is InChI=1S/C15H28O2/c1-11(2)13-8-15(9-13)17-10-12(3)7-14-5-4-6-16-14/h11-15H,4-10H2,1-3H3. The van der Waals surface area contributed by atoms with Gasteiger partial charge < -0.3 is 9.47 Å². The average molecular weight is 240 g/mol. The van der Waals surface area contributed by atoms with Gasteiger partial charge in [-0.25, -0.2) is 0 Å². The summed E-state index contributed by atoms with van der Waals surface area (Å²) in [5.41, 5.74) is 0. The first-order chi connectivity index (χ1) is 8.15. The number of hydrogen-bond donors (Lipinski definition) is 0. The largest absolute Gasteiger partial charge is 0.378 e. The van der Waals surface area contributed by atoms with Crippen LogP contribution in [0.5, 0.6) is 0 Å². The van der Waals surface area contributed by atoms with Crippen LogP contribution in [-0.4, -0.2) is 25.4 Å². The number of rotatable bonds is 6. The fourth-order valence-corrected chi connectivity index (χ4v) is 2.93. The molecule has 0 aromatic heterocycles. The van der Waals surface area contributed by atoms with E-state index >= 15 is 0 Å². The minimum atomic E-state index is 0.512. The van der Waals surface area contributed by atoms with Crippen LogP contribution in [0, 0.1) is 17.8 Å². The molecule has 0 aromatic rings. The highest BCUT2D eigenvalue weighted by molar-refractivity contribution is 4.82. The van der Waals surface area contributed by atoms with Crippen LogP contribution in [-0.2, 0) is 9.47 Å². The molecule has 2 fully saturated rings. The van der Waals surface area contributed by atoms with Gasteiger partial charge in [-0.15, -0.1) is 0 Å². The van der Waals surface area contributed by atoms with E-state index in [0.29, 0.717) is 18.1 Å². The van der Waals surface area contributed by atoms with E-state index in [1.165, 1.54) is 32.1 Å². The number of hydrogen-bond acceptors (Lipinski definition) is 2. The summed E-state index contributed by atoms with van der Waals surface area (Å²) in [6, 6.07) is 0. The molecule has 2 heteroatoms. The quantitative estimate of drug-likeness (QED) is 0.705. The van der Waals surface area contributed by atoms with Crippen molar-refractivity contribution in [3.05, 3.63) is 0 Å². The maximum atomic E-state index is 5.97. The Balaban J connectivity index is 1.53. The van der Waals surface area contributed by atoms with E-state index in [0.717, 1.165) is 25.0 Å². The summed E-state index contributed by atoms with van der Waals surface area (Å²) in [5, 5.41) is 0. The van der Waals surface area contributed by atoms with Gasteiger partial charge in [0.1, 0.15) is 0 Å². The normalized spacial score (nSPS) is 34.9. The van der Waals surface area contributed by atoms with Crippen molar-refractivity contribution in [1.29, 1.82) is 0 Å². The highest BCUT2D eigenvalue weighted by atomic mass is 16.5. The van der Waals surface area contributed by atoms with Crippen molar-refractivity contribution >= 4 is 0 Å². The summed E-state index contributed by atoms with van der Waals surface area (Å²) in [5.74, 6) is 2.39. The van der Waals surface area contributed by atoms with Crippen LogP contribution >= 0.6 is 0 Å². The molecule has 2 aliphatic rings. The van der Waals surface area contributed by atoms with E-state index < -0.39 is 0 Å². The molecule has 100 valence electrons. The van der Waals surface area contributed by atoms with Crippen molar-refractivity contribution in [2.75, 3.05) is 13.2 Å². The molecule has 0 radical (unpaired) electrons. The molecule has 1 aliphatic carbocycles. The van der Waals surface area contributed by atoms with Gasteiger partial charge in [-0.05, 0) is 49.9 Å². The number of ether oxygens (including phenoxy) is 2. The van der Waals surface area contributed by atoms with Crippen LogP contribution in [0.2, 0.25) is 0 Å². The van der Waals surface area contributed by atoms with Gasteiger partial charge in [-0.2, -0.15) is 0 Å². The third-order valence-corrected chi connectivity index (χ3v) is 4.38. The summed E-state index contributed by atoms with van der Waals surface area (Å²) in [7, 11) is 0. The predicted octanol–water partition coefficient (Wildman–Crippen LogP) is 3.64. The van der Waals surface area contributed by atoms with Gasteiger partial charge in [0.2, 0.25) is 0 Å². The molecule has 1 saturated heterocycles. The fourth-order valence-electron chi connectivity index (χ4n) is 2.93. The Kier molecular flexibility index (Phi) is 4.87. The van der Waals surface area contributed by atoms with Gasteiger partial charge in [-0.1, -0.05) is 20.8 Å². The molecule has 1 aliphatic heterocycles. The van der Waals surface area contributed by atoms with Crippen molar-refractivity contribution in [2.24, 2.45) is 17.8 Å². The van der Waals surface area contributed by atoms with Crippen LogP contribution in [0.25, 0.3) is 0 Å². The maximum absolute atomic E-state index is 5.97. The topological polar surface area (TPSA) is 18.5 Å². The smallest absolute Gasteiger partial charge is 0.0580 e. The summed E-state index contributed by atoms with van der Waals surface area (Å²) >= 11 is 0. The van der Waals surface area contributed by atoms with Gasteiger partial charge in [0, 0.05) is 13.2 Å². The Morgan fingerprint density at radius 2 is 2.00 bits per heavy atom. The van der Waals surface area contributed by atoms with E-state index in [1.54, 1.807) is 0 Å². The summed E-state index contributed by atoms with van der Waals surface area (Å²) in [6.07, 6.45) is 7.31. The Morgan fingerprint density at radius 1 is 1.24 bits per heavy atom. The van der Waals surface area contributed by atoms with Crippen molar-refractivity contribution in [2.45, 2.75) is 65.1 Å². The first-order valence-electron chi connectivity index (χ1n) is 7.38. The van der Waals surface area contributed by atoms with Gasteiger partial charge in [0.25, 0.3) is 0 Å². The molecule has 1 saturated carbocycles. The summed E-state index contributed by atoms with van der Waals surface area (Å²) in [4.78, 5) is 0. The SMILES string of the molecule is CC(COC1CC(C(C)C)C1)CC1CCCO1. The molecule has 0 aromatic carbocycles. The van der Waals surface area contributed by atoms with Gasteiger partial charge in [-0.3, -0.25) is 0 Å². The molecular formula is C15H28O2. The van der Waals surface area contributed by atoms with Crippen LogP contribution in [0.1, 0.15) is 52.9 Å². The highest BCUT2D eigenvalue weighted by Gasteiger charge is 2.32. The minimum absolute atomic E-state index is 0.512. The predicted molar refractivity (Wildman–Crippen MR) is 70.1 cm³/mol. The third-order valence-electron chi connectivity index (χ3n) is 4.38. The lowest BCUT2D eigenvalue weighted by atomic mass is 9.75. The summed E-state index contributed by atoms with van der Waals surface area (Å²) < 4.78 is 11.6. The Labute approximate surface area is 106 Å². The van der Waals surface area contributed by atoms with Crippen molar-refractivity contribution in [3.8, 4) is 0 Å². The fraction of sp³-hybridized carbons (Fsp3) is 1.00. The van der Waals surface area contributed by atoms with Crippen LogP contribution < -0.4 is 0 Å². The maximum Gasteiger partial charge on any atom is 0.0580 e. The lowest BCUT2D eigenvalue weighted by molar-refractivity contribution is -0.0589. The molecule has 0 N–H and O–H groups in total. The molecule has 1 heterocycles. The zero-order valence-electron chi connectivity index (χ0n) is 11.7. The van der Waals surface area contributed by atoms with Crippen LogP contribution in [0.15, 0.2) is 0 Å². The lowest BCUT2D eigenvalue weighted by Gasteiger charge is -2.38. The Morgan fingerprint density at radius 3 is 2.59 bits per heavy atom. The molecule has 2 rings (SSSR count). The zero-order chi connectivity index (χ0) is 12.3. The van der Waals surface area contributed by atoms with Crippen LogP contribution in [0.3, 0.4) is 0 Å². The molecule has 17 heavy (non-hydrogen) atoms. The second-order valence-electron chi connectivity index (χ2n) is 6.41. The van der Waals surface area contributed by atoms with E-state index in [2.05, 4.69) is 20.8 Å². The lowest BCUT2D eigenvalue weighted by Crippen LogP contribution is -2.35. The highest BCUT2D eigenvalue weighted by Crippen LogP contribution is 2.36. The molecule has 0 spiro atoms. The van der Waals surface area contributed by atoms with E-state index in [-0.39, 0.29) is 0 Å². The average Bonchev–Trinajstić information content (AvgIpc) is 2.67. The second-order valence-corrected chi connectivity index (χ2v) is 6.41. The Bertz CT molecular complexity index is 215. The van der Waals surface area contributed by atoms with E-state index in [1.807, 2.05) is 0 Å². The zero-order valence-corrected chi connectivity index (χ0v) is 11.7. The first kappa shape index (κ1) is 13.4. The molecule has 0 amide bonds. The monoisotopic (exact) mass is 240 g/mol. The van der Waals surface area contributed by atoms with E-state index in [4.69, 9.17) is 9.47 Å². The molecule has 2 atom stereocenters. The van der Waals surface area contributed by atoms with Crippen molar-refractivity contribution in [3.63, 3.8) is 0 Å². The van der Waals surface area contributed by atoms with Gasteiger partial charge in [0.05, 0.1) is 12.2 Å². The van der Waals surface area contributed by atoms with Crippen molar-refractivity contribution in [1.82, 2.24) is 0 Å². The first-order valence-corrected chi connectivity index (χ1v) is 7.38. The van der Waals surface area contributed by atoms with Gasteiger partial charge in [0.15, 0.2) is 0 Å². The Hall–Kier alpha value is -0.0800. The third kappa shape index (κ3) is 3.96.